The van der Waals surface area contributed by atoms with Gasteiger partial charge in [-0.3, -0.25) is 0 Å². The molecule has 0 spiro atoms. The standard InChI is InChI=1S/C7H14O.C2H6O.C2H2/c1-6-3-4-8-7(2)5-6;1-3-2;1-2/h6-7H,3-5H2,1-2H3;1-2H3;1-2H/t6-,7-;;/m0../s1. The lowest BCUT2D eigenvalue weighted by atomic mass is 9.99. The lowest BCUT2D eigenvalue weighted by molar-refractivity contribution is 0.00682. The van der Waals surface area contributed by atoms with Crippen LogP contribution < -0.4 is 0 Å². The Morgan fingerprint density at radius 3 is 1.92 bits per heavy atom. The molecular formula is C11H22O2. The Balaban J connectivity index is 0. The quantitative estimate of drug-likeness (QED) is 0.541. The summed E-state index contributed by atoms with van der Waals surface area (Å²) in [6.45, 7) is 5.41. The first-order chi connectivity index (χ1) is 6.20. The Labute approximate surface area is 82.6 Å². The highest BCUT2D eigenvalue weighted by Crippen LogP contribution is 2.18. The summed E-state index contributed by atoms with van der Waals surface area (Å²) in [5, 5.41) is 0. The minimum absolute atomic E-state index is 0.513. The molecule has 0 N–H and O–H groups in total. The molecule has 1 aliphatic rings. The van der Waals surface area contributed by atoms with E-state index in [1.807, 2.05) is 0 Å². The first-order valence-corrected chi connectivity index (χ1v) is 4.55. The Hall–Kier alpha value is -0.520. The lowest BCUT2D eigenvalue weighted by Gasteiger charge is -2.23. The predicted molar refractivity (Wildman–Crippen MR) is 56.6 cm³/mol. The molecule has 1 saturated heterocycles. The Morgan fingerprint density at radius 1 is 1.23 bits per heavy atom. The smallest absolute Gasteiger partial charge is 0.0549 e. The van der Waals surface area contributed by atoms with E-state index in [9.17, 15) is 0 Å². The summed E-state index contributed by atoms with van der Waals surface area (Å²) in [4.78, 5) is 0. The molecule has 0 unspecified atom stereocenters. The van der Waals surface area contributed by atoms with Gasteiger partial charge in [0.15, 0.2) is 0 Å². The van der Waals surface area contributed by atoms with Crippen molar-refractivity contribution in [3.8, 4) is 12.8 Å². The van der Waals surface area contributed by atoms with Crippen molar-refractivity contribution in [1.82, 2.24) is 0 Å². The highest BCUT2D eigenvalue weighted by Gasteiger charge is 2.13. The van der Waals surface area contributed by atoms with Crippen molar-refractivity contribution in [2.45, 2.75) is 32.8 Å². The van der Waals surface area contributed by atoms with E-state index in [1.165, 1.54) is 12.8 Å². The van der Waals surface area contributed by atoms with E-state index in [4.69, 9.17) is 4.74 Å². The van der Waals surface area contributed by atoms with Crippen molar-refractivity contribution < 1.29 is 9.47 Å². The molecular weight excluding hydrogens is 164 g/mol. The van der Waals surface area contributed by atoms with Crippen LogP contribution in [0.15, 0.2) is 0 Å². The number of methoxy groups -OCH3 is 1. The third kappa shape index (κ3) is 11.5. The van der Waals surface area contributed by atoms with E-state index in [0.717, 1.165) is 12.5 Å². The first kappa shape index (κ1) is 15.0. The zero-order valence-corrected chi connectivity index (χ0v) is 9.25. The summed E-state index contributed by atoms with van der Waals surface area (Å²) in [5.41, 5.74) is 0. The Kier molecular flexibility index (Phi) is 13.2. The van der Waals surface area contributed by atoms with Crippen molar-refractivity contribution in [2.24, 2.45) is 5.92 Å². The van der Waals surface area contributed by atoms with Crippen LogP contribution in [0.3, 0.4) is 0 Å². The van der Waals surface area contributed by atoms with Crippen molar-refractivity contribution in [3.63, 3.8) is 0 Å². The molecule has 1 rings (SSSR count). The zero-order valence-electron chi connectivity index (χ0n) is 9.25. The molecule has 0 amide bonds. The number of hydrogen-bond acceptors (Lipinski definition) is 2. The summed E-state index contributed by atoms with van der Waals surface area (Å²) in [6.07, 6.45) is 11.0. The fourth-order valence-electron chi connectivity index (χ4n) is 1.22. The molecule has 1 heterocycles. The van der Waals surface area contributed by atoms with Crippen LogP contribution in [0.2, 0.25) is 0 Å². The summed E-state index contributed by atoms with van der Waals surface area (Å²) in [5.74, 6) is 0.888. The van der Waals surface area contributed by atoms with Gasteiger partial charge in [-0.25, -0.2) is 0 Å². The molecule has 0 saturated carbocycles. The molecule has 1 fully saturated rings. The summed E-state index contributed by atoms with van der Waals surface area (Å²) < 4.78 is 9.60. The van der Waals surface area contributed by atoms with E-state index < -0.39 is 0 Å². The number of terminal acetylenes is 1. The highest BCUT2D eigenvalue weighted by atomic mass is 16.5. The molecule has 2 nitrogen and oxygen atoms in total. The minimum Gasteiger partial charge on any atom is -0.388 e. The molecule has 13 heavy (non-hydrogen) atoms. The first-order valence-electron chi connectivity index (χ1n) is 4.55. The average Bonchev–Trinajstić information content (AvgIpc) is 2.08. The van der Waals surface area contributed by atoms with E-state index in [2.05, 4.69) is 31.4 Å². The molecule has 2 atom stereocenters. The summed E-state index contributed by atoms with van der Waals surface area (Å²) in [6, 6.07) is 0. The van der Waals surface area contributed by atoms with Gasteiger partial charge in [-0.2, -0.15) is 0 Å². The number of ether oxygens (including phenoxy) is 2. The van der Waals surface area contributed by atoms with Crippen molar-refractivity contribution in [1.29, 1.82) is 0 Å². The van der Waals surface area contributed by atoms with Gasteiger partial charge >= 0.3 is 0 Å². The van der Waals surface area contributed by atoms with Crippen LogP contribution in [0.1, 0.15) is 26.7 Å². The van der Waals surface area contributed by atoms with E-state index in [1.54, 1.807) is 14.2 Å². The second kappa shape index (κ2) is 11.5. The van der Waals surface area contributed by atoms with Crippen LogP contribution in [0.4, 0.5) is 0 Å². The van der Waals surface area contributed by atoms with Crippen LogP contribution in [0.25, 0.3) is 0 Å². The number of hydrogen-bond donors (Lipinski definition) is 0. The summed E-state index contributed by atoms with van der Waals surface area (Å²) >= 11 is 0. The van der Waals surface area contributed by atoms with E-state index in [0.29, 0.717) is 6.10 Å². The van der Waals surface area contributed by atoms with Gasteiger partial charge in [0.1, 0.15) is 0 Å². The fourth-order valence-corrected chi connectivity index (χ4v) is 1.22. The van der Waals surface area contributed by atoms with Crippen molar-refractivity contribution >= 4 is 0 Å². The largest absolute Gasteiger partial charge is 0.388 e. The topological polar surface area (TPSA) is 18.5 Å². The van der Waals surface area contributed by atoms with Gasteiger partial charge in [0.05, 0.1) is 6.10 Å². The highest BCUT2D eigenvalue weighted by molar-refractivity contribution is 4.63. The van der Waals surface area contributed by atoms with Gasteiger partial charge in [-0.05, 0) is 25.7 Å². The minimum atomic E-state index is 0.513. The maximum Gasteiger partial charge on any atom is 0.0549 e. The molecule has 0 aromatic carbocycles. The fraction of sp³-hybridized carbons (Fsp3) is 0.818. The molecule has 78 valence electrons. The van der Waals surface area contributed by atoms with Gasteiger partial charge in [0, 0.05) is 20.8 Å². The van der Waals surface area contributed by atoms with Gasteiger partial charge in [-0.15, -0.1) is 12.8 Å². The number of rotatable bonds is 0. The second-order valence-corrected chi connectivity index (χ2v) is 3.22. The Morgan fingerprint density at radius 2 is 1.69 bits per heavy atom. The lowest BCUT2D eigenvalue weighted by Crippen LogP contribution is -2.20. The van der Waals surface area contributed by atoms with E-state index in [-0.39, 0.29) is 0 Å². The van der Waals surface area contributed by atoms with Gasteiger partial charge in [0.25, 0.3) is 0 Å². The summed E-state index contributed by atoms with van der Waals surface area (Å²) in [7, 11) is 3.25. The maximum absolute atomic E-state index is 5.35. The van der Waals surface area contributed by atoms with Crippen LogP contribution >= 0.6 is 0 Å². The second-order valence-electron chi connectivity index (χ2n) is 3.22. The SMILES string of the molecule is C#C.COC.C[C@H]1CCO[C@@H](C)C1. The molecule has 0 aromatic heterocycles. The van der Waals surface area contributed by atoms with Crippen molar-refractivity contribution in [2.75, 3.05) is 20.8 Å². The third-order valence-electron chi connectivity index (χ3n) is 1.75. The average molecular weight is 186 g/mol. The Bertz CT molecular complexity index is 102. The molecule has 1 aliphatic heterocycles. The monoisotopic (exact) mass is 186 g/mol. The van der Waals surface area contributed by atoms with Gasteiger partial charge in [-0.1, -0.05) is 6.92 Å². The maximum atomic E-state index is 5.35. The molecule has 0 aromatic rings. The predicted octanol–water partition coefficient (Wildman–Crippen LogP) is 2.33. The van der Waals surface area contributed by atoms with Crippen LogP contribution in [-0.2, 0) is 9.47 Å². The van der Waals surface area contributed by atoms with Crippen molar-refractivity contribution in [3.05, 3.63) is 0 Å². The third-order valence-corrected chi connectivity index (χ3v) is 1.75. The molecule has 0 aliphatic carbocycles. The molecule has 2 heteroatoms. The van der Waals surface area contributed by atoms with Gasteiger partial charge < -0.3 is 9.47 Å². The zero-order chi connectivity index (χ0) is 10.7. The van der Waals surface area contributed by atoms with Gasteiger partial charge in [0.2, 0.25) is 0 Å². The van der Waals surface area contributed by atoms with Crippen LogP contribution in [0, 0.1) is 18.8 Å². The van der Waals surface area contributed by atoms with Crippen LogP contribution in [-0.4, -0.2) is 26.9 Å². The molecule has 0 bridgehead atoms. The molecule has 0 radical (unpaired) electrons. The normalized spacial score (nSPS) is 26.0. The van der Waals surface area contributed by atoms with Crippen LogP contribution in [0.5, 0.6) is 0 Å². The van der Waals surface area contributed by atoms with E-state index >= 15 is 0 Å².